The molecule has 3 aromatic rings. The molecule has 0 spiro atoms. The van der Waals surface area contributed by atoms with Crippen LogP contribution in [0.15, 0.2) is 54.7 Å². The van der Waals surface area contributed by atoms with Crippen molar-refractivity contribution in [1.82, 2.24) is 15.0 Å². The predicted molar refractivity (Wildman–Crippen MR) is 69.6 cm³/mol. The fraction of sp³-hybridized carbons (Fsp3) is 0.0667. The van der Waals surface area contributed by atoms with E-state index in [1.54, 1.807) is 0 Å². The monoisotopic (exact) mass is 233 g/mol. The summed E-state index contributed by atoms with van der Waals surface area (Å²) >= 11 is 0. The second-order valence-electron chi connectivity index (χ2n) is 4.49. The van der Waals surface area contributed by atoms with Crippen molar-refractivity contribution in [3.8, 4) is 16.9 Å². The fourth-order valence-corrected chi connectivity index (χ4v) is 2.59. The highest BCUT2D eigenvalue weighted by Gasteiger charge is 2.18. The molecule has 0 saturated heterocycles. The molecule has 18 heavy (non-hydrogen) atoms. The quantitative estimate of drug-likeness (QED) is 0.467. The molecular formula is C15H11N3. The molecule has 0 radical (unpaired) electrons. The largest absolute Gasteiger partial charge is 0.213 e. The molecule has 2 aromatic carbocycles. The molecule has 0 unspecified atom stereocenters. The van der Waals surface area contributed by atoms with Crippen molar-refractivity contribution in [2.24, 2.45) is 0 Å². The van der Waals surface area contributed by atoms with Crippen LogP contribution < -0.4 is 0 Å². The zero-order valence-corrected chi connectivity index (χ0v) is 9.74. The van der Waals surface area contributed by atoms with Crippen molar-refractivity contribution < 1.29 is 0 Å². The number of para-hydroxylation sites is 1. The Bertz CT molecular complexity index is 668. The van der Waals surface area contributed by atoms with Gasteiger partial charge < -0.3 is 0 Å². The van der Waals surface area contributed by atoms with Crippen LogP contribution in [-0.2, 0) is 6.42 Å². The third-order valence-electron chi connectivity index (χ3n) is 3.44. The molecule has 1 aliphatic rings. The summed E-state index contributed by atoms with van der Waals surface area (Å²) in [6, 6.07) is 16.8. The van der Waals surface area contributed by atoms with Crippen LogP contribution >= 0.6 is 0 Å². The Morgan fingerprint density at radius 3 is 2.61 bits per heavy atom. The van der Waals surface area contributed by atoms with Gasteiger partial charge in [-0.3, -0.25) is 0 Å². The molecule has 1 aromatic heterocycles. The van der Waals surface area contributed by atoms with E-state index < -0.39 is 0 Å². The number of aromatic nitrogens is 3. The van der Waals surface area contributed by atoms with Crippen LogP contribution in [0.2, 0.25) is 0 Å². The normalized spacial score (nSPS) is 12.2. The summed E-state index contributed by atoms with van der Waals surface area (Å²) in [6.07, 6.45) is 2.77. The van der Waals surface area contributed by atoms with Gasteiger partial charge in [0.25, 0.3) is 0 Å². The van der Waals surface area contributed by atoms with E-state index in [1.807, 2.05) is 16.9 Å². The predicted octanol–water partition coefficient (Wildman–Crippen LogP) is 2.84. The maximum Gasteiger partial charge on any atom is 0.0947 e. The summed E-state index contributed by atoms with van der Waals surface area (Å²) in [7, 11) is 0. The third-order valence-corrected chi connectivity index (χ3v) is 3.44. The van der Waals surface area contributed by atoms with Gasteiger partial charge in [0.05, 0.1) is 17.6 Å². The van der Waals surface area contributed by atoms with Crippen molar-refractivity contribution >= 4 is 0 Å². The van der Waals surface area contributed by atoms with E-state index in [2.05, 4.69) is 52.8 Å². The number of benzene rings is 2. The van der Waals surface area contributed by atoms with Gasteiger partial charge in [-0.2, -0.15) is 0 Å². The first-order chi connectivity index (χ1) is 8.93. The summed E-state index contributed by atoms with van der Waals surface area (Å²) < 4.78 is 1.93. The Labute approximate surface area is 105 Å². The summed E-state index contributed by atoms with van der Waals surface area (Å²) in [5.74, 6) is 0. The van der Waals surface area contributed by atoms with Gasteiger partial charge in [-0.25, -0.2) is 4.68 Å². The van der Waals surface area contributed by atoms with Crippen LogP contribution in [0.25, 0.3) is 16.9 Å². The van der Waals surface area contributed by atoms with Gasteiger partial charge in [-0.15, -0.1) is 5.10 Å². The lowest BCUT2D eigenvalue weighted by Gasteiger charge is -2.05. The summed E-state index contributed by atoms with van der Waals surface area (Å²) in [6.45, 7) is 0. The number of rotatable bonds is 0. The highest BCUT2D eigenvalue weighted by molar-refractivity contribution is 5.68. The maximum absolute atomic E-state index is 4.22. The average molecular weight is 233 g/mol. The lowest BCUT2D eigenvalue weighted by Crippen LogP contribution is -2.00. The summed E-state index contributed by atoms with van der Waals surface area (Å²) in [4.78, 5) is 0. The van der Waals surface area contributed by atoms with E-state index in [0.717, 1.165) is 17.8 Å². The third kappa shape index (κ3) is 1.24. The van der Waals surface area contributed by atoms with Crippen LogP contribution in [0.5, 0.6) is 0 Å². The molecule has 3 nitrogen and oxygen atoms in total. The Hall–Kier alpha value is -2.42. The Morgan fingerprint density at radius 2 is 1.67 bits per heavy atom. The fourth-order valence-electron chi connectivity index (χ4n) is 2.59. The van der Waals surface area contributed by atoms with Gasteiger partial charge in [0.1, 0.15) is 0 Å². The smallest absolute Gasteiger partial charge is 0.0947 e. The van der Waals surface area contributed by atoms with Crippen LogP contribution in [0, 0.1) is 0 Å². The lowest BCUT2D eigenvalue weighted by atomic mass is 9.99. The zero-order valence-electron chi connectivity index (χ0n) is 9.74. The molecule has 0 fully saturated rings. The average Bonchev–Trinajstić information content (AvgIpc) is 2.84. The maximum atomic E-state index is 4.22. The number of nitrogens with zero attached hydrogens (tertiary/aromatic N) is 3. The van der Waals surface area contributed by atoms with Gasteiger partial charge in [0.2, 0.25) is 0 Å². The van der Waals surface area contributed by atoms with Gasteiger partial charge in [-0.05, 0) is 17.2 Å². The number of hydrogen-bond acceptors (Lipinski definition) is 2. The highest BCUT2D eigenvalue weighted by Crippen LogP contribution is 2.32. The molecule has 3 heteroatoms. The minimum absolute atomic E-state index is 0.940. The summed E-state index contributed by atoms with van der Waals surface area (Å²) in [5.41, 5.74) is 6.02. The molecule has 0 saturated carbocycles. The molecule has 4 rings (SSSR count). The molecule has 0 atom stereocenters. The number of hydrogen-bond donors (Lipinski definition) is 0. The molecule has 0 N–H and O–H groups in total. The molecule has 1 aliphatic heterocycles. The standard InChI is InChI=1S/C15H11N3/c1-3-7-13-11(5-1)9-12-6-2-4-8-14(12)18-15(13)10-16-17-18/h1-8,10H,9H2. The minimum Gasteiger partial charge on any atom is -0.213 e. The minimum atomic E-state index is 0.940. The van der Waals surface area contributed by atoms with Crippen molar-refractivity contribution in [3.63, 3.8) is 0 Å². The van der Waals surface area contributed by atoms with Gasteiger partial charge in [0.15, 0.2) is 0 Å². The molecular weight excluding hydrogens is 222 g/mol. The Balaban J connectivity index is 2.12. The zero-order chi connectivity index (χ0) is 11.9. The highest BCUT2D eigenvalue weighted by atomic mass is 15.4. The van der Waals surface area contributed by atoms with Gasteiger partial charge >= 0.3 is 0 Å². The SMILES string of the molecule is c1ccc2c(c1)Cc1ccccc1-n1nncc1-2. The topological polar surface area (TPSA) is 30.7 Å². The van der Waals surface area contributed by atoms with Crippen LogP contribution in [0.1, 0.15) is 11.1 Å². The van der Waals surface area contributed by atoms with Crippen molar-refractivity contribution in [3.05, 3.63) is 65.9 Å². The Morgan fingerprint density at radius 1 is 0.889 bits per heavy atom. The van der Waals surface area contributed by atoms with E-state index in [9.17, 15) is 0 Å². The number of fused-ring (bicyclic) bond motifs is 5. The molecule has 0 bridgehead atoms. The lowest BCUT2D eigenvalue weighted by molar-refractivity contribution is 0.804. The van der Waals surface area contributed by atoms with E-state index in [1.165, 1.54) is 16.7 Å². The van der Waals surface area contributed by atoms with Crippen LogP contribution in [0.3, 0.4) is 0 Å². The van der Waals surface area contributed by atoms with Gasteiger partial charge in [0, 0.05) is 12.0 Å². The van der Waals surface area contributed by atoms with E-state index in [4.69, 9.17) is 0 Å². The van der Waals surface area contributed by atoms with Crippen LogP contribution in [0.4, 0.5) is 0 Å². The van der Waals surface area contributed by atoms with E-state index in [-0.39, 0.29) is 0 Å². The van der Waals surface area contributed by atoms with Crippen molar-refractivity contribution in [2.75, 3.05) is 0 Å². The molecule has 0 amide bonds. The second-order valence-corrected chi connectivity index (χ2v) is 4.49. The van der Waals surface area contributed by atoms with E-state index in [0.29, 0.717) is 0 Å². The first kappa shape index (κ1) is 9.59. The van der Waals surface area contributed by atoms with E-state index >= 15 is 0 Å². The molecule has 2 heterocycles. The molecule has 0 aliphatic carbocycles. The van der Waals surface area contributed by atoms with Gasteiger partial charge in [-0.1, -0.05) is 47.7 Å². The van der Waals surface area contributed by atoms with Crippen molar-refractivity contribution in [2.45, 2.75) is 6.42 Å². The van der Waals surface area contributed by atoms with Crippen LogP contribution in [-0.4, -0.2) is 15.0 Å². The molecule has 86 valence electrons. The second kappa shape index (κ2) is 3.53. The summed E-state index contributed by atoms with van der Waals surface area (Å²) in [5, 5.41) is 8.28. The first-order valence-electron chi connectivity index (χ1n) is 6.01. The first-order valence-corrected chi connectivity index (χ1v) is 6.01. The Kier molecular flexibility index (Phi) is 1.88. The van der Waals surface area contributed by atoms with Crippen molar-refractivity contribution in [1.29, 1.82) is 0 Å².